The second kappa shape index (κ2) is 12.6. The second-order valence-corrected chi connectivity index (χ2v) is 10.6. The van der Waals surface area contributed by atoms with Gasteiger partial charge in [0.05, 0.1) is 24.4 Å². The third-order valence-electron chi connectivity index (χ3n) is 7.78. The van der Waals surface area contributed by atoms with Gasteiger partial charge in [-0.05, 0) is 62.6 Å². The third-order valence-corrected chi connectivity index (χ3v) is 7.78. The summed E-state index contributed by atoms with van der Waals surface area (Å²) in [5, 5.41) is 6.73. The molecule has 0 bridgehead atoms. The van der Waals surface area contributed by atoms with Crippen molar-refractivity contribution in [2.75, 3.05) is 33.3 Å². The lowest BCUT2D eigenvalue weighted by molar-refractivity contribution is 0.0645. The van der Waals surface area contributed by atoms with Gasteiger partial charge in [0.25, 0.3) is 11.8 Å². The zero-order valence-electron chi connectivity index (χ0n) is 23.2. The largest absolute Gasteiger partial charge is 0.497 e. The van der Waals surface area contributed by atoms with Gasteiger partial charge in [-0.15, -0.1) is 0 Å². The molecule has 2 aliphatic heterocycles. The van der Waals surface area contributed by atoms with E-state index in [0.29, 0.717) is 62.5 Å². The quantitative estimate of drug-likeness (QED) is 0.414. The molecule has 11 heteroatoms. The zero-order chi connectivity index (χ0) is 28.9. The number of benzene rings is 1. The highest BCUT2D eigenvalue weighted by Gasteiger charge is 2.32. The molecule has 2 atom stereocenters. The molecule has 2 aliphatic rings. The summed E-state index contributed by atoms with van der Waals surface area (Å²) in [4.78, 5) is 46.5. The topological polar surface area (TPSA) is 118 Å². The molecule has 2 fully saturated rings. The number of nitrogens with one attached hydrogen (secondary N) is 1. The number of carbonyl (C=O) groups is 3. The molecule has 3 aromatic rings. The number of rotatable bonds is 8. The van der Waals surface area contributed by atoms with Gasteiger partial charge in [-0.25, -0.2) is 4.39 Å². The van der Waals surface area contributed by atoms with E-state index in [0.717, 1.165) is 5.69 Å². The maximum Gasteiger partial charge on any atom is 0.272 e. The van der Waals surface area contributed by atoms with E-state index in [1.54, 1.807) is 36.3 Å². The van der Waals surface area contributed by atoms with Crippen LogP contribution in [0.15, 0.2) is 53.2 Å². The molecule has 216 valence electrons. The number of likely N-dealkylation sites (tertiary alicyclic amines) is 2. The Bertz CT molecular complexity index is 1370. The molecule has 41 heavy (non-hydrogen) atoms. The number of aromatic nitrogens is 2. The highest BCUT2D eigenvalue weighted by molar-refractivity contribution is 5.99. The summed E-state index contributed by atoms with van der Waals surface area (Å²) in [5.41, 5.74) is 1.88. The van der Waals surface area contributed by atoms with Gasteiger partial charge in [-0.3, -0.25) is 24.3 Å². The molecule has 2 saturated heterocycles. The highest BCUT2D eigenvalue weighted by Crippen LogP contribution is 2.24. The minimum absolute atomic E-state index is 0.0690. The number of hydrogen-bond donors (Lipinski definition) is 1. The molecule has 1 aromatic carbocycles. The molecule has 0 spiro atoms. The number of piperidine rings is 2. The first-order valence-electron chi connectivity index (χ1n) is 13.8. The van der Waals surface area contributed by atoms with Crippen LogP contribution in [0.4, 0.5) is 4.39 Å². The number of alkyl halides is 1. The summed E-state index contributed by atoms with van der Waals surface area (Å²) >= 11 is 0. The molecular formula is C30H34FN5O5. The number of ketones is 1. The fourth-order valence-corrected chi connectivity index (χ4v) is 5.40. The summed E-state index contributed by atoms with van der Waals surface area (Å²) in [6.45, 7) is 4.00. The molecule has 0 radical (unpaired) electrons. The molecule has 1 unspecified atom stereocenters. The van der Waals surface area contributed by atoms with Crippen molar-refractivity contribution in [3.63, 3.8) is 0 Å². The van der Waals surface area contributed by atoms with Crippen molar-refractivity contribution in [3.8, 4) is 5.75 Å². The van der Waals surface area contributed by atoms with Crippen molar-refractivity contribution in [1.29, 1.82) is 0 Å². The number of halogens is 1. The molecule has 5 rings (SSSR count). The number of aryl methyl sites for hydroxylation is 1. The standard InChI is InChI=1S/C30H34FN5O5/c1-19-15-23(34-41-19)17-35-12-11-26(25(31)18-35)33-29(38)22-5-8-27(32-16-22)30(39)36-13-9-21(10-14-36)28(37)20-3-6-24(40-2)7-4-20/h3-8,15-16,21,25-26H,9-14,17-18H2,1-2H3,(H,33,38)/t25?,26-/m1/s1. The molecule has 2 aromatic heterocycles. The van der Waals surface area contributed by atoms with Crippen LogP contribution in [0, 0.1) is 12.8 Å². The van der Waals surface area contributed by atoms with Crippen LogP contribution in [0.2, 0.25) is 0 Å². The summed E-state index contributed by atoms with van der Waals surface area (Å²) in [6.07, 6.45) is 1.72. The Morgan fingerprint density at radius 2 is 1.78 bits per heavy atom. The third kappa shape index (κ3) is 6.79. The minimum Gasteiger partial charge on any atom is -0.497 e. The van der Waals surface area contributed by atoms with Crippen LogP contribution >= 0.6 is 0 Å². The van der Waals surface area contributed by atoms with Crippen molar-refractivity contribution in [1.82, 2.24) is 25.3 Å². The van der Waals surface area contributed by atoms with E-state index < -0.39 is 18.1 Å². The molecule has 0 saturated carbocycles. The van der Waals surface area contributed by atoms with E-state index in [1.807, 2.05) is 17.9 Å². The van der Waals surface area contributed by atoms with E-state index in [4.69, 9.17) is 9.26 Å². The van der Waals surface area contributed by atoms with Crippen LogP contribution in [0.1, 0.15) is 61.9 Å². The average molecular weight is 564 g/mol. The smallest absolute Gasteiger partial charge is 0.272 e. The van der Waals surface area contributed by atoms with Gasteiger partial charge in [0, 0.05) is 56.5 Å². The average Bonchev–Trinajstić information content (AvgIpc) is 3.42. The second-order valence-electron chi connectivity index (χ2n) is 10.6. The van der Waals surface area contributed by atoms with Crippen LogP contribution in [-0.4, -0.2) is 83.0 Å². The number of amides is 2. The Kier molecular flexibility index (Phi) is 8.72. The minimum atomic E-state index is -1.23. The predicted molar refractivity (Wildman–Crippen MR) is 147 cm³/mol. The van der Waals surface area contributed by atoms with E-state index in [2.05, 4.69) is 15.5 Å². The van der Waals surface area contributed by atoms with Gasteiger partial charge in [0.1, 0.15) is 23.4 Å². The van der Waals surface area contributed by atoms with Crippen molar-refractivity contribution in [2.45, 2.75) is 44.9 Å². The monoisotopic (exact) mass is 563 g/mol. The van der Waals surface area contributed by atoms with E-state index in [1.165, 1.54) is 18.3 Å². The fourth-order valence-electron chi connectivity index (χ4n) is 5.40. The van der Waals surface area contributed by atoms with Crippen LogP contribution in [0.5, 0.6) is 5.75 Å². The van der Waals surface area contributed by atoms with Gasteiger partial charge in [0.15, 0.2) is 5.78 Å². The van der Waals surface area contributed by atoms with Crippen molar-refractivity contribution < 1.29 is 28.0 Å². The maximum absolute atomic E-state index is 14.9. The molecule has 10 nitrogen and oxygen atoms in total. The normalized spacial score (nSPS) is 20.0. The Balaban J connectivity index is 1.09. The van der Waals surface area contributed by atoms with E-state index in [-0.39, 0.29) is 35.4 Å². The fraction of sp³-hybridized carbons (Fsp3) is 0.433. The summed E-state index contributed by atoms with van der Waals surface area (Å²) in [6, 6.07) is 11.3. The number of hydrogen-bond acceptors (Lipinski definition) is 8. The van der Waals surface area contributed by atoms with Crippen LogP contribution in [0.3, 0.4) is 0 Å². The highest BCUT2D eigenvalue weighted by atomic mass is 19.1. The Morgan fingerprint density at radius 3 is 2.39 bits per heavy atom. The SMILES string of the molecule is COc1ccc(C(=O)C2CCN(C(=O)c3ccc(C(=O)N[C@@H]4CCN(Cc5cc(C)on5)CC4F)cn3)CC2)cc1. The number of pyridine rings is 1. The lowest BCUT2D eigenvalue weighted by Crippen LogP contribution is -2.52. The summed E-state index contributed by atoms with van der Waals surface area (Å²) in [7, 11) is 1.58. The number of ether oxygens (including phenoxy) is 1. The number of nitrogens with zero attached hydrogens (tertiary/aromatic N) is 4. The number of Topliss-reactive ketones (excluding diaryl/α,β-unsaturated/α-hetero) is 1. The van der Waals surface area contributed by atoms with E-state index >= 15 is 0 Å². The van der Waals surface area contributed by atoms with Gasteiger partial charge in [0.2, 0.25) is 0 Å². The van der Waals surface area contributed by atoms with Crippen molar-refractivity contribution in [2.24, 2.45) is 5.92 Å². The lowest BCUT2D eigenvalue weighted by atomic mass is 9.88. The van der Waals surface area contributed by atoms with E-state index in [9.17, 15) is 18.8 Å². The molecule has 1 N–H and O–H groups in total. The van der Waals surface area contributed by atoms with Gasteiger partial charge in [-0.2, -0.15) is 0 Å². The zero-order valence-corrected chi connectivity index (χ0v) is 23.2. The Morgan fingerprint density at radius 1 is 1.05 bits per heavy atom. The molecule has 4 heterocycles. The number of methoxy groups -OCH3 is 1. The summed E-state index contributed by atoms with van der Waals surface area (Å²) in [5.74, 6) is 0.652. The van der Waals surface area contributed by atoms with Crippen LogP contribution < -0.4 is 10.1 Å². The van der Waals surface area contributed by atoms with Crippen LogP contribution in [0.25, 0.3) is 0 Å². The van der Waals surface area contributed by atoms with Gasteiger partial charge < -0.3 is 19.5 Å². The summed E-state index contributed by atoms with van der Waals surface area (Å²) < 4.78 is 25.1. The molecule has 2 amide bonds. The van der Waals surface area contributed by atoms with Crippen molar-refractivity contribution >= 4 is 17.6 Å². The number of carbonyl (C=O) groups excluding carboxylic acids is 3. The lowest BCUT2D eigenvalue weighted by Gasteiger charge is -2.34. The first-order chi connectivity index (χ1) is 19.8. The Labute approximate surface area is 237 Å². The Hall–Kier alpha value is -4.12. The van der Waals surface area contributed by atoms with Gasteiger partial charge >= 0.3 is 0 Å². The molecular weight excluding hydrogens is 529 g/mol. The van der Waals surface area contributed by atoms with Crippen molar-refractivity contribution in [3.05, 3.63) is 76.9 Å². The van der Waals surface area contributed by atoms with Gasteiger partial charge in [-0.1, -0.05) is 5.16 Å². The van der Waals surface area contributed by atoms with Crippen LogP contribution in [-0.2, 0) is 6.54 Å². The first kappa shape index (κ1) is 28.4. The molecule has 0 aliphatic carbocycles. The predicted octanol–water partition coefficient (Wildman–Crippen LogP) is 3.46. The first-order valence-corrected chi connectivity index (χ1v) is 13.8. The maximum atomic E-state index is 14.9.